The topological polar surface area (TPSA) is 30.5 Å². The summed E-state index contributed by atoms with van der Waals surface area (Å²) in [5.74, 6) is -0.364. The van der Waals surface area contributed by atoms with E-state index in [1.807, 2.05) is 0 Å². The smallest absolute Gasteiger partial charge is 0.130 e. The van der Waals surface area contributed by atoms with Gasteiger partial charge in [-0.25, -0.2) is 4.39 Å². The fraction of sp³-hybridized carbons (Fsp3) is 0.400. The van der Waals surface area contributed by atoms with Crippen molar-refractivity contribution in [1.82, 2.24) is 5.48 Å². The quantitative estimate of drug-likeness (QED) is 0.792. The van der Waals surface area contributed by atoms with Crippen LogP contribution in [0.1, 0.15) is 11.1 Å². The number of hydroxylamine groups is 1. The lowest BCUT2D eigenvalue weighted by Crippen LogP contribution is -2.11. The average molecular weight is 234 g/mol. The van der Waals surface area contributed by atoms with Crippen molar-refractivity contribution in [3.05, 3.63) is 34.1 Å². The van der Waals surface area contributed by atoms with Crippen LogP contribution >= 0.6 is 11.6 Å². The van der Waals surface area contributed by atoms with E-state index < -0.39 is 0 Å². The second kappa shape index (κ2) is 6.02. The molecular weight excluding hydrogens is 221 g/mol. The van der Waals surface area contributed by atoms with E-state index in [1.165, 1.54) is 20.3 Å². The number of methoxy groups -OCH3 is 1. The van der Waals surface area contributed by atoms with E-state index in [9.17, 15) is 4.39 Å². The van der Waals surface area contributed by atoms with Gasteiger partial charge in [-0.15, -0.1) is 0 Å². The average Bonchev–Trinajstić information content (AvgIpc) is 2.20. The SMILES string of the molecule is COCc1c(F)cc(CNOC)cc1Cl. The van der Waals surface area contributed by atoms with Crippen LogP contribution in [0, 0.1) is 5.82 Å². The molecule has 0 aromatic heterocycles. The molecule has 0 fully saturated rings. The van der Waals surface area contributed by atoms with Crippen LogP contribution in [0.2, 0.25) is 5.02 Å². The third kappa shape index (κ3) is 3.43. The molecule has 1 rings (SSSR count). The minimum Gasteiger partial charge on any atom is -0.380 e. The molecule has 0 atom stereocenters. The van der Waals surface area contributed by atoms with Crippen LogP contribution < -0.4 is 5.48 Å². The van der Waals surface area contributed by atoms with E-state index in [0.717, 1.165) is 5.56 Å². The number of hydrogen-bond donors (Lipinski definition) is 1. The lowest BCUT2D eigenvalue weighted by Gasteiger charge is -2.08. The maximum Gasteiger partial charge on any atom is 0.130 e. The Labute approximate surface area is 93.1 Å². The minimum atomic E-state index is -0.364. The molecule has 0 aliphatic heterocycles. The van der Waals surface area contributed by atoms with Crippen LogP contribution in [0.5, 0.6) is 0 Å². The van der Waals surface area contributed by atoms with Gasteiger partial charge in [-0.05, 0) is 17.7 Å². The molecule has 0 unspecified atom stereocenters. The van der Waals surface area contributed by atoms with Crippen LogP contribution in [-0.4, -0.2) is 14.2 Å². The molecule has 5 heteroatoms. The molecule has 1 aromatic rings. The summed E-state index contributed by atoms with van der Waals surface area (Å²) in [6.07, 6.45) is 0. The Morgan fingerprint density at radius 3 is 2.67 bits per heavy atom. The summed E-state index contributed by atoms with van der Waals surface area (Å²) < 4.78 is 18.3. The van der Waals surface area contributed by atoms with Gasteiger partial charge in [0.25, 0.3) is 0 Å². The predicted molar refractivity (Wildman–Crippen MR) is 56.0 cm³/mol. The monoisotopic (exact) mass is 233 g/mol. The van der Waals surface area contributed by atoms with E-state index in [4.69, 9.17) is 16.3 Å². The Bertz CT molecular complexity index is 310. The molecule has 15 heavy (non-hydrogen) atoms. The zero-order chi connectivity index (χ0) is 11.3. The van der Waals surface area contributed by atoms with Gasteiger partial charge in [0.2, 0.25) is 0 Å². The minimum absolute atomic E-state index is 0.169. The lowest BCUT2D eigenvalue weighted by atomic mass is 10.1. The predicted octanol–water partition coefficient (Wildman–Crippen LogP) is 2.28. The first kappa shape index (κ1) is 12.4. The van der Waals surface area contributed by atoms with E-state index in [1.54, 1.807) is 6.07 Å². The summed E-state index contributed by atoms with van der Waals surface area (Å²) in [5.41, 5.74) is 3.71. The van der Waals surface area contributed by atoms with Crippen LogP contribution in [0.4, 0.5) is 4.39 Å². The zero-order valence-corrected chi connectivity index (χ0v) is 9.40. The molecular formula is C10H13ClFNO2. The summed E-state index contributed by atoms with van der Waals surface area (Å²) >= 11 is 5.90. The second-order valence-electron chi connectivity index (χ2n) is 3.00. The molecule has 0 saturated carbocycles. The van der Waals surface area contributed by atoms with Crippen molar-refractivity contribution in [1.29, 1.82) is 0 Å². The third-order valence-corrected chi connectivity index (χ3v) is 2.25. The molecule has 0 aliphatic carbocycles. The maximum atomic E-state index is 13.5. The Kier molecular flexibility index (Phi) is 4.98. The highest BCUT2D eigenvalue weighted by Crippen LogP contribution is 2.22. The Morgan fingerprint density at radius 1 is 1.40 bits per heavy atom. The van der Waals surface area contributed by atoms with Gasteiger partial charge in [-0.2, -0.15) is 5.48 Å². The summed E-state index contributed by atoms with van der Waals surface area (Å²) in [4.78, 5) is 4.66. The number of halogens is 2. The van der Waals surface area contributed by atoms with Crippen molar-refractivity contribution in [2.75, 3.05) is 14.2 Å². The van der Waals surface area contributed by atoms with E-state index in [0.29, 0.717) is 17.1 Å². The molecule has 1 aromatic carbocycles. The number of nitrogens with one attached hydrogen (secondary N) is 1. The van der Waals surface area contributed by atoms with Crippen molar-refractivity contribution in [3.63, 3.8) is 0 Å². The van der Waals surface area contributed by atoms with Gasteiger partial charge in [-0.1, -0.05) is 11.6 Å². The van der Waals surface area contributed by atoms with Crippen LogP contribution in [0.25, 0.3) is 0 Å². The normalized spacial score (nSPS) is 10.7. The van der Waals surface area contributed by atoms with Crippen LogP contribution in [0.3, 0.4) is 0 Å². The van der Waals surface area contributed by atoms with Crippen molar-refractivity contribution in [2.45, 2.75) is 13.2 Å². The summed E-state index contributed by atoms with van der Waals surface area (Å²) in [6, 6.07) is 3.09. The summed E-state index contributed by atoms with van der Waals surface area (Å²) in [5, 5.41) is 0.366. The summed E-state index contributed by atoms with van der Waals surface area (Å²) in [6.45, 7) is 0.572. The lowest BCUT2D eigenvalue weighted by molar-refractivity contribution is 0.0866. The largest absolute Gasteiger partial charge is 0.380 e. The molecule has 1 N–H and O–H groups in total. The van der Waals surface area contributed by atoms with E-state index >= 15 is 0 Å². The molecule has 0 aliphatic rings. The van der Waals surface area contributed by atoms with Crippen LogP contribution in [0.15, 0.2) is 12.1 Å². The Balaban J connectivity index is 2.87. The highest BCUT2D eigenvalue weighted by atomic mass is 35.5. The molecule has 0 bridgehead atoms. The van der Waals surface area contributed by atoms with Crippen molar-refractivity contribution in [2.24, 2.45) is 0 Å². The van der Waals surface area contributed by atoms with Crippen molar-refractivity contribution in [3.8, 4) is 0 Å². The number of benzene rings is 1. The van der Waals surface area contributed by atoms with Gasteiger partial charge < -0.3 is 9.57 Å². The molecule has 3 nitrogen and oxygen atoms in total. The number of hydrogen-bond acceptors (Lipinski definition) is 3. The fourth-order valence-corrected chi connectivity index (χ4v) is 1.48. The second-order valence-corrected chi connectivity index (χ2v) is 3.40. The van der Waals surface area contributed by atoms with Crippen molar-refractivity contribution < 1.29 is 14.0 Å². The molecule has 0 amide bonds. The zero-order valence-electron chi connectivity index (χ0n) is 8.64. The van der Waals surface area contributed by atoms with Crippen LogP contribution in [-0.2, 0) is 22.7 Å². The first-order valence-corrected chi connectivity index (χ1v) is 4.78. The van der Waals surface area contributed by atoms with Gasteiger partial charge in [0, 0.05) is 24.2 Å². The summed E-state index contributed by atoms with van der Waals surface area (Å²) in [7, 11) is 2.99. The highest BCUT2D eigenvalue weighted by Gasteiger charge is 2.09. The Hall–Kier alpha value is -0.680. The van der Waals surface area contributed by atoms with E-state index in [-0.39, 0.29) is 12.4 Å². The Morgan fingerprint density at radius 2 is 2.13 bits per heavy atom. The van der Waals surface area contributed by atoms with Gasteiger partial charge in [0.15, 0.2) is 0 Å². The first-order chi connectivity index (χ1) is 7.19. The first-order valence-electron chi connectivity index (χ1n) is 4.40. The molecule has 0 heterocycles. The fourth-order valence-electron chi connectivity index (χ4n) is 1.20. The van der Waals surface area contributed by atoms with Crippen molar-refractivity contribution >= 4 is 11.6 Å². The molecule has 0 radical (unpaired) electrons. The molecule has 0 saturated heterocycles. The molecule has 0 spiro atoms. The number of ether oxygens (including phenoxy) is 1. The number of rotatable bonds is 5. The van der Waals surface area contributed by atoms with E-state index in [2.05, 4.69) is 10.3 Å². The third-order valence-electron chi connectivity index (χ3n) is 1.91. The van der Waals surface area contributed by atoms with Gasteiger partial charge >= 0.3 is 0 Å². The van der Waals surface area contributed by atoms with Gasteiger partial charge in [-0.3, -0.25) is 0 Å². The highest BCUT2D eigenvalue weighted by molar-refractivity contribution is 6.31. The van der Waals surface area contributed by atoms with Gasteiger partial charge in [0.05, 0.1) is 13.7 Å². The molecule has 84 valence electrons. The standard InChI is InChI=1S/C10H13ClFNO2/c1-14-6-8-9(11)3-7(4-10(8)12)5-13-15-2/h3-4,13H,5-6H2,1-2H3. The maximum absolute atomic E-state index is 13.5. The van der Waals surface area contributed by atoms with Gasteiger partial charge in [0.1, 0.15) is 5.82 Å².